The molecule has 2 fully saturated rings. The molecular formula is C24H32IN3OS. The van der Waals surface area contributed by atoms with E-state index < -0.39 is 0 Å². The number of hydrogen-bond donors (Lipinski definition) is 0. The van der Waals surface area contributed by atoms with E-state index in [0.29, 0.717) is 6.04 Å². The number of piperidine rings is 1. The second-order valence-corrected chi connectivity index (χ2v) is 11.2. The molecule has 0 bridgehead atoms. The summed E-state index contributed by atoms with van der Waals surface area (Å²) in [6.45, 7) is 9.53. The summed E-state index contributed by atoms with van der Waals surface area (Å²) < 4.78 is 0.252. The molecule has 4 rings (SSSR count). The predicted octanol–water partition coefficient (Wildman–Crippen LogP) is 5.98. The fourth-order valence-electron chi connectivity index (χ4n) is 4.90. The Morgan fingerprint density at radius 1 is 1.07 bits per heavy atom. The van der Waals surface area contributed by atoms with E-state index in [9.17, 15) is 4.79 Å². The maximum absolute atomic E-state index is 13.5. The molecule has 2 aliphatic heterocycles. The first-order valence-corrected chi connectivity index (χ1v) is 13.2. The number of nitrogens with zero attached hydrogens (tertiary/aromatic N) is 3. The van der Waals surface area contributed by atoms with E-state index in [1.54, 1.807) is 11.3 Å². The molecule has 0 saturated carbocycles. The SMILES string of the molecule is Cc1cccc(C)c1-c1nc(C)c(C(=O)N2CCC(N3CCCCCC3)CC2I)s1. The number of aryl methyl sites for hydroxylation is 3. The average Bonchev–Trinajstić information content (AvgIpc) is 2.91. The highest BCUT2D eigenvalue weighted by molar-refractivity contribution is 14.1. The van der Waals surface area contributed by atoms with E-state index in [1.807, 2.05) is 6.92 Å². The molecule has 1 aromatic heterocycles. The topological polar surface area (TPSA) is 36.4 Å². The first kappa shape index (κ1) is 22.2. The van der Waals surface area contributed by atoms with Crippen molar-refractivity contribution in [1.29, 1.82) is 0 Å². The van der Waals surface area contributed by atoms with E-state index in [1.165, 1.54) is 55.5 Å². The number of aromatic nitrogens is 1. The largest absolute Gasteiger partial charge is 0.326 e. The summed E-state index contributed by atoms with van der Waals surface area (Å²) in [6, 6.07) is 6.95. The van der Waals surface area contributed by atoms with Gasteiger partial charge in [-0.2, -0.15) is 0 Å². The molecule has 2 unspecified atom stereocenters. The number of thiazole rings is 1. The highest BCUT2D eigenvalue weighted by Gasteiger charge is 2.34. The number of amides is 1. The summed E-state index contributed by atoms with van der Waals surface area (Å²) in [5, 5.41) is 0.968. The Hall–Kier alpha value is -0.990. The molecule has 1 amide bonds. The van der Waals surface area contributed by atoms with Crippen LogP contribution in [0.1, 0.15) is 65.0 Å². The Balaban J connectivity index is 1.49. The molecule has 6 heteroatoms. The van der Waals surface area contributed by atoms with Gasteiger partial charge in [-0.25, -0.2) is 4.98 Å². The first-order valence-electron chi connectivity index (χ1n) is 11.2. The lowest BCUT2D eigenvalue weighted by Gasteiger charge is -2.41. The Bertz CT molecular complexity index is 884. The second kappa shape index (κ2) is 9.65. The predicted molar refractivity (Wildman–Crippen MR) is 134 cm³/mol. The van der Waals surface area contributed by atoms with Gasteiger partial charge in [0.1, 0.15) is 9.88 Å². The van der Waals surface area contributed by atoms with Gasteiger partial charge in [0.25, 0.3) is 5.91 Å². The molecule has 0 N–H and O–H groups in total. The van der Waals surface area contributed by atoms with E-state index >= 15 is 0 Å². The van der Waals surface area contributed by atoms with Crippen LogP contribution in [0.3, 0.4) is 0 Å². The minimum Gasteiger partial charge on any atom is -0.326 e. The maximum atomic E-state index is 13.5. The Kier molecular flexibility index (Phi) is 7.15. The van der Waals surface area contributed by atoms with Crippen LogP contribution in [0.2, 0.25) is 0 Å². The summed E-state index contributed by atoms with van der Waals surface area (Å²) in [7, 11) is 0. The van der Waals surface area contributed by atoms with Crippen molar-refractivity contribution in [2.24, 2.45) is 0 Å². The number of alkyl halides is 1. The number of carbonyl (C=O) groups is 1. The smallest absolute Gasteiger partial charge is 0.266 e. The molecule has 0 aliphatic carbocycles. The third kappa shape index (κ3) is 4.60. The second-order valence-electron chi connectivity index (χ2n) is 8.76. The van der Waals surface area contributed by atoms with Gasteiger partial charge in [-0.15, -0.1) is 11.3 Å². The number of carbonyl (C=O) groups excluding carboxylic acids is 1. The van der Waals surface area contributed by atoms with Crippen LogP contribution in [0.4, 0.5) is 0 Å². The fourth-order valence-corrected chi connectivity index (χ4v) is 7.22. The standard InChI is InChI=1S/C24H32IN3OS/c1-16-9-8-10-17(2)21(16)23-26-18(3)22(30-23)24(29)28-14-11-19(15-20(28)25)27-12-6-4-5-7-13-27/h8-10,19-20H,4-7,11-15H2,1-3H3. The van der Waals surface area contributed by atoms with Gasteiger partial charge in [0, 0.05) is 18.2 Å². The van der Waals surface area contributed by atoms with Crippen LogP contribution >= 0.6 is 33.9 Å². The van der Waals surface area contributed by atoms with Gasteiger partial charge in [0.15, 0.2) is 0 Å². The summed E-state index contributed by atoms with van der Waals surface area (Å²) >= 11 is 4.05. The van der Waals surface area contributed by atoms with Crippen molar-refractivity contribution in [3.8, 4) is 10.6 Å². The van der Waals surface area contributed by atoms with Gasteiger partial charge < -0.3 is 9.80 Å². The molecule has 30 heavy (non-hydrogen) atoms. The van der Waals surface area contributed by atoms with Gasteiger partial charge in [-0.05, 0) is 70.7 Å². The van der Waals surface area contributed by atoms with Crippen LogP contribution < -0.4 is 0 Å². The van der Waals surface area contributed by atoms with Gasteiger partial charge in [-0.3, -0.25) is 4.79 Å². The van der Waals surface area contributed by atoms with Crippen molar-refractivity contribution < 1.29 is 4.79 Å². The van der Waals surface area contributed by atoms with Crippen molar-refractivity contribution >= 4 is 39.8 Å². The normalized spacial score (nSPS) is 23.4. The van der Waals surface area contributed by atoms with Crippen LogP contribution in [0.25, 0.3) is 10.6 Å². The van der Waals surface area contributed by atoms with E-state index in [0.717, 1.165) is 35.0 Å². The molecule has 2 atom stereocenters. The summed E-state index contributed by atoms with van der Waals surface area (Å²) in [4.78, 5) is 23.9. The molecule has 162 valence electrons. The van der Waals surface area contributed by atoms with Crippen molar-refractivity contribution in [2.75, 3.05) is 19.6 Å². The summed E-state index contributed by atoms with van der Waals surface area (Å²) in [5.41, 5.74) is 4.47. The van der Waals surface area contributed by atoms with Crippen molar-refractivity contribution in [3.63, 3.8) is 0 Å². The summed E-state index contributed by atoms with van der Waals surface area (Å²) in [6.07, 6.45) is 7.56. The Labute approximate surface area is 198 Å². The number of rotatable bonds is 3. The van der Waals surface area contributed by atoms with Crippen LogP contribution in [-0.4, -0.2) is 50.4 Å². The Morgan fingerprint density at radius 2 is 1.73 bits per heavy atom. The minimum atomic E-state index is 0.163. The minimum absolute atomic E-state index is 0.163. The van der Waals surface area contributed by atoms with Crippen LogP contribution in [0.5, 0.6) is 0 Å². The first-order chi connectivity index (χ1) is 14.5. The molecule has 2 aromatic rings. The number of hydrogen-bond acceptors (Lipinski definition) is 4. The Morgan fingerprint density at radius 3 is 2.37 bits per heavy atom. The lowest BCUT2D eigenvalue weighted by Crippen LogP contribution is -2.50. The third-order valence-corrected chi connectivity index (χ3v) is 8.96. The number of likely N-dealkylation sites (tertiary alicyclic amines) is 2. The number of benzene rings is 1. The van der Waals surface area contributed by atoms with Crippen molar-refractivity contribution in [1.82, 2.24) is 14.8 Å². The molecule has 2 aliphatic rings. The van der Waals surface area contributed by atoms with Crippen molar-refractivity contribution in [2.45, 2.75) is 69.4 Å². The highest BCUT2D eigenvalue weighted by atomic mass is 127. The fraction of sp³-hybridized carbons (Fsp3) is 0.583. The molecule has 0 spiro atoms. The van der Waals surface area contributed by atoms with E-state index in [2.05, 4.69) is 64.4 Å². The van der Waals surface area contributed by atoms with Crippen LogP contribution in [0.15, 0.2) is 18.2 Å². The zero-order valence-electron chi connectivity index (χ0n) is 18.3. The molecule has 3 heterocycles. The monoisotopic (exact) mass is 537 g/mol. The van der Waals surface area contributed by atoms with Crippen LogP contribution in [0, 0.1) is 20.8 Å². The van der Waals surface area contributed by atoms with Gasteiger partial charge in [0.2, 0.25) is 0 Å². The van der Waals surface area contributed by atoms with Crippen molar-refractivity contribution in [3.05, 3.63) is 39.9 Å². The zero-order chi connectivity index (χ0) is 21.3. The quantitative estimate of drug-likeness (QED) is 0.275. The van der Waals surface area contributed by atoms with Gasteiger partial charge in [0.05, 0.1) is 9.74 Å². The lowest BCUT2D eigenvalue weighted by molar-refractivity contribution is 0.0603. The third-order valence-electron chi connectivity index (χ3n) is 6.61. The maximum Gasteiger partial charge on any atom is 0.266 e. The van der Waals surface area contributed by atoms with E-state index in [4.69, 9.17) is 4.98 Å². The molecule has 0 radical (unpaired) electrons. The lowest BCUT2D eigenvalue weighted by atomic mass is 10.0. The van der Waals surface area contributed by atoms with Gasteiger partial charge >= 0.3 is 0 Å². The molecule has 1 aromatic carbocycles. The van der Waals surface area contributed by atoms with E-state index in [-0.39, 0.29) is 9.96 Å². The summed E-state index contributed by atoms with van der Waals surface area (Å²) in [5.74, 6) is 0.163. The van der Waals surface area contributed by atoms with Crippen LogP contribution in [-0.2, 0) is 0 Å². The molecule has 4 nitrogen and oxygen atoms in total. The average molecular weight is 538 g/mol. The zero-order valence-corrected chi connectivity index (χ0v) is 21.3. The van der Waals surface area contributed by atoms with Gasteiger partial charge in [-0.1, -0.05) is 53.6 Å². The highest BCUT2D eigenvalue weighted by Crippen LogP contribution is 2.35. The molecular weight excluding hydrogens is 505 g/mol. The number of halogens is 1. The molecule has 2 saturated heterocycles.